The first-order valence-corrected chi connectivity index (χ1v) is 29.6. The molecule has 0 saturated carbocycles. The topological polar surface area (TPSA) is 202 Å². The van der Waals surface area contributed by atoms with E-state index in [-0.39, 0.29) is 66.2 Å². The van der Waals surface area contributed by atoms with Gasteiger partial charge in [0.25, 0.3) is 0 Å². The molecule has 19 heteroatoms. The Kier molecular flexibility index (Phi) is 16.1. The van der Waals surface area contributed by atoms with Crippen LogP contribution in [0.2, 0.25) is 0 Å². The van der Waals surface area contributed by atoms with Crippen molar-refractivity contribution in [3.8, 4) is 33.5 Å². The molecule has 0 radical (unpaired) electrons. The molecule has 17 nitrogen and oxygen atoms in total. The zero-order valence-electron chi connectivity index (χ0n) is 46.9. The molecule has 80 heavy (non-hydrogen) atoms. The van der Waals surface area contributed by atoms with Gasteiger partial charge in [-0.25, -0.2) is 9.37 Å². The highest BCUT2D eigenvalue weighted by atomic mass is 32.1. The lowest BCUT2D eigenvalue weighted by atomic mass is 9.83. The Morgan fingerprint density at radius 1 is 0.925 bits per heavy atom. The Balaban J connectivity index is 0.657. The van der Waals surface area contributed by atoms with E-state index in [1.165, 1.54) is 4.90 Å². The second-order valence-corrected chi connectivity index (χ2v) is 25.1. The first kappa shape index (κ1) is 55.5. The highest BCUT2D eigenvalue weighted by molar-refractivity contribution is 7.13. The number of pyridine rings is 1. The van der Waals surface area contributed by atoms with E-state index < -0.39 is 29.4 Å². The molecule has 3 amide bonds. The van der Waals surface area contributed by atoms with Gasteiger partial charge in [0.15, 0.2) is 5.82 Å². The number of amides is 3. The number of hydrogen-bond donors (Lipinski definition) is 5. The number of aryl methyl sites for hydroxylation is 2. The molecule has 0 aliphatic carbocycles. The standard InChI is InChI=1S/C61H76FN11O6S/c1-7-39-9-8-10-42-24-45(74)25-47(51(39)42)53-52(62)54-48(27-63-53)57(72-30-43-15-16-44(31-72)66-43)69-60(68-54)79-22-21-70-19-17-37(18-20-70)23-38-28-71(29-38)33-50(76)67-56(61(4,5)6)59(78)73-32-46(75)26-49(73)58(77)65-35(2)40-11-13-41(14-12-40)55-36(3)64-34-80-55/h8-14,24-25,27,34-35,37-38,43-44,46,49,56,66,74-75H,7,15-23,26,28-33H2,1-6H3,(H,65,77)(H,67,76)/t35?,43?,44?,46-,49+,56?/m1/s1. The summed E-state index contributed by atoms with van der Waals surface area (Å²) in [6.07, 6.45) is 7.03. The van der Waals surface area contributed by atoms with Crippen LogP contribution in [0, 0.1) is 30.0 Å². The first-order valence-electron chi connectivity index (χ1n) is 28.7. The van der Waals surface area contributed by atoms with Gasteiger partial charge in [0, 0.05) is 69.5 Å². The van der Waals surface area contributed by atoms with Gasteiger partial charge < -0.3 is 40.7 Å². The number of ether oxygens (including phenoxy) is 1. The molecule has 6 aromatic rings. The maximum absolute atomic E-state index is 17.1. The molecular weight excluding hydrogens is 1030 g/mol. The smallest absolute Gasteiger partial charge is 0.319 e. The summed E-state index contributed by atoms with van der Waals surface area (Å²) in [4.78, 5) is 69.8. The molecule has 424 valence electrons. The third-order valence-electron chi connectivity index (χ3n) is 17.3. The van der Waals surface area contributed by atoms with Gasteiger partial charge >= 0.3 is 6.01 Å². The molecule has 5 saturated heterocycles. The number of β-amino-alcohol motifs (C(OH)–C–C–N with tert-alkyl or cyclic N) is 1. The van der Waals surface area contributed by atoms with Crippen molar-refractivity contribution in [2.24, 2.45) is 17.3 Å². The summed E-state index contributed by atoms with van der Waals surface area (Å²) < 4.78 is 23.4. The summed E-state index contributed by atoms with van der Waals surface area (Å²) in [7, 11) is 0. The summed E-state index contributed by atoms with van der Waals surface area (Å²) >= 11 is 1.58. The fraction of sp³-hybridized carbons (Fsp3) is 0.525. The molecule has 4 unspecified atom stereocenters. The third kappa shape index (κ3) is 11.8. The number of piperazine rings is 1. The number of anilines is 1. The fourth-order valence-corrected chi connectivity index (χ4v) is 13.8. The van der Waals surface area contributed by atoms with Crippen LogP contribution in [0.3, 0.4) is 0 Å². The Morgan fingerprint density at radius 3 is 2.38 bits per heavy atom. The van der Waals surface area contributed by atoms with Gasteiger partial charge in [0.2, 0.25) is 17.7 Å². The van der Waals surface area contributed by atoms with E-state index in [1.54, 1.807) is 29.7 Å². The molecule has 11 rings (SSSR count). The predicted octanol–water partition coefficient (Wildman–Crippen LogP) is 7.41. The molecule has 3 aromatic carbocycles. The number of rotatable bonds is 17. The molecule has 5 aliphatic heterocycles. The van der Waals surface area contributed by atoms with Crippen LogP contribution in [-0.2, 0) is 20.8 Å². The number of phenolic OH excluding ortho intramolecular Hbond substituents is 1. The number of aliphatic hydroxyl groups excluding tert-OH is 1. The Morgan fingerprint density at radius 2 is 1.68 bits per heavy atom. The fourth-order valence-electron chi connectivity index (χ4n) is 13.0. The molecule has 2 bridgehead atoms. The van der Waals surface area contributed by atoms with Crippen molar-refractivity contribution >= 4 is 56.6 Å². The zero-order chi connectivity index (χ0) is 56.0. The van der Waals surface area contributed by atoms with Gasteiger partial charge in [-0.05, 0) is 122 Å². The summed E-state index contributed by atoms with van der Waals surface area (Å²) in [5, 5.41) is 33.5. The molecule has 0 spiro atoms. The van der Waals surface area contributed by atoms with E-state index in [9.17, 15) is 24.6 Å². The minimum absolute atomic E-state index is 0.0135. The van der Waals surface area contributed by atoms with Crippen molar-refractivity contribution in [1.82, 2.24) is 50.6 Å². The molecule has 5 aliphatic rings. The van der Waals surface area contributed by atoms with Crippen molar-refractivity contribution in [2.45, 2.75) is 123 Å². The van der Waals surface area contributed by atoms with Gasteiger partial charge in [0.1, 0.15) is 41.5 Å². The number of hydrogen-bond acceptors (Lipinski definition) is 15. The highest BCUT2D eigenvalue weighted by Gasteiger charge is 2.45. The van der Waals surface area contributed by atoms with Crippen molar-refractivity contribution in [2.75, 3.05) is 70.4 Å². The molecule has 3 aromatic heterocycles. The molecule has 8 heterocycles. The maximum Gasteiger partial charge on any atom is 0.319 e. The van der Waals surface area contributed by atoms with Gasteiger partial charge in [-0.15, -0.1) is 11.3 Å². The number of likely N-dealkylation sites (tertiary alicyclic amines) is 3. The molecule has 5 N–H and O–H groups in total. The number of carbonyl (C=O) groups is 3. The van der Waals surface area contributed by atoms with Crippen molar-refractivity contribution < 1.29 is 33.7 Å². The zero-order valence-corrected chi connectivity index (χ0v) is 47.7. The number of benzene rings is 3. The molecular formula is C61H76FN11O6S. The van der Waals surface area contributed by atoms with Crippen molar-refractivity contribution in [3.63, 3.8) is 0 Å². The number of nitrogens with one attached hydrogen (secondary N) is 3. The number of aromatic nitrogens is 4. The van der Waals surface area contributed by atoms with E-state index in [2.05, 4.69) is 42.6 Å². The Bertz CT molecular complexity index is 3240. The average Bonchev–Trinajstić information content (AvgIpc) is 4.18. The van der Waals surface area contributed by atoms with Crippen LogP contribution in [0.1, 0.15) is 96.0 Å². The van der Waals surface area contributed by atoms with Crippen molar-refractivity contribution in [1.29, 1.82) is 0 Å². The lowest BCUT2D eigenvalue weighted by molar-refractivity contribution is -0.144. The van der Waals surface area contributed by atoms with Crippen LogP contribution in [0.4, 0.5) is 10.2 Å². The highest BCUT2D eigenvalue weighted by Crippen LogP contribution is 2.40. The molecule has 6 atom stereocenters. The average molecular weight is 1110 g/mol. The lowest BCUT2D eigenvalue weighted by Gasteiger charge is -2.42. The number of fused-ring (bicyclic) bond motifs is 4. The monoisotopic (exact) mass is 1110 g/mol. The van der Waals surface area contributed by atoms with E-state index in [1.807, 2.05) is 82.6 Å². The number of piperidine rings is 1. The molecule has 5 fully saturated rings. The van der Waals surface area contributed by atoms with Crippen LogP contribution < -0.4 is 25.6 Å². The number of carbonyl (C=O) groups excluding carboxylic acids is 3. The van der Waals surface area contributed by atoms with E-state index >= 15 is 4.39 Å². The quantitative estimate of drug-likeness (QED) is 0.0605. The summed E-state index contributed by atoms with van der Waals surface area (Å²) in [5.41, 5.74) is 5.95. The number of halogens is 1. The van der Waals surface area contributed by atoms with E-state index in [4.69, 9.17) is 19.7 Å². The number of thiazole rings is 1. The third-order valence-corrected chi connectivity index (χ3v) is 18.3. The second kappa shape index (κ2) is 23.2. The summed E-state index contributed by atoms with van der Waals surface area (Å²) in [6.45, 7) is 17.9. The van der Waals surface area contributed by atoms with E-state index in [0.717, 1.165) is 116 Å². The second-order valence-electron chi connectivity index (χ2n) is 24.2. The van der Waals surface area contributed by atoms with Crippen molar-refractivity contribution in [3.05, 3.63) is 88.9 Å². The van der Waals surface area contributed by atoms with Gasteiger partial charge in [-0.1, -0.05) is 70.2 Å². The number of phenols is 1. The van der Waals surface area contributed by atoms with E-state index in [0.29, 0.717) is 53.8 Å². The number of nitrogens with zero attached hydrogens (tertiary/aromatic N) is 8. The largest absolute Gasteiger partial charge is 0.508 e. The van der Waals surface area contributed by atoms with Crippen LogP contribution in [0.25, 0.3) is 43.4 Å². The SMILES string of the molecule is CCc1cccc2cc(O)cc(-c3ncc4c(N5CC6CCC(C5)N6)nc(OCCN5CCC(CC6CN(CC(=O)NC(C(=O)N7C[C@H](O)C[C@H]7C(=O)NC(C)c7ccc(-c8scnc8C)cc7)C(C)(C)C)C6)CC5)nc4c3F)c12. The summed E-state index contributed by atoms with van der Waals surface area (Å²) in [6, 6.07) is 15.9. The lowest BCUT2D eigenvalue weighted by Crippen LogP contribution is -2.60. The van der Waals surface area contributed by atoms with Gasteiger partial charge in [-0.3, -0.25) is 29.2 Å². The van der Waals surface area contributed by atoms with Crippen LogP contribution in [-0.4, -0.2) is 158 Å². The normalized spacial score (nSPS) is 21.9. The van der Waals surface area contributed by atoms with Crippen LogP contribution in [0.5, 0.6) is 11.8 Å². The number of aromatic hydroxyl groups is 1. The minimum atomic E-state index is -0.894. The van der Waals surface area contributed by atoms with Gasteiger partial charge in [0.05, 0.1) is 40.2 Å². The predicted molar refractivity (Wildman–Crippen MR) is 309 cm³/mol. The van der Waals surface area contributed by atoms with Crippen LogP contribution >= 0.6 is 11.3 Å². The van der Waals surface area contributed by atoms with Crippen LogP contribution in [0.15, 0.2) is 66.3 Å². The maximum atomic E-state index is 17.1. The number of aliphatic hydroxyl groups is 1. The Hall–Kier alpha value is -6.38. The minimum Gasteiger partial charge on any atom is -0.508 e. The van der Waals surface area contributed by atoms with Gasteiger partial charge in [-0.2, -0.15) is 9.97 Å². The summed E-state index contributed by atoms with van der Waals surface area (Å²) in [5.74, 6) is 0.194. The first-order chi connectivity index (χ1) is 38.5. The Labute approximate surface area is 471 Å².